The van der Waals surface area contributed by atoms with Crippen molar-refractivity contribution in [3.05, 3.63) is 0 Å². The third-order valence-corrected chi connectivity index (χ3v) is 2.73. The first-order valence-electron chi connectivity index (χ1n) is 5.34. The minimum absolute atomic E-state index is 0.212. The molecule has 0 rings (SSSR count). The van der Waals surface area contributed by atoms with Crippen molar-refractivity contribution < 1.29 is 9.53 Å². The Balaban J connectivity index is 3.78. The summed E-state index contributed by atoms with van der Waals surface area (Å²) in [6, 6.07) is 0. The topological polar surface area (TPSA) is 29.5 Å². The van der Waals surface area contributed by atoms with Gasteiger partial charge in [-0.25, -0.2) is 0 Å². The van der Waals surface area contributed by atoms with Crippen LogP contribution in [0.5, 0.6) is 0 Å². The van der Waals surface area contributed by atoms with E-state index >= 15 is 0 Å². The summed E-state index contributed by atoms with van der Waals surface area (Å²) in [5.41, 5.74) is 0. The van der Waals surface area contributed by atoms with Crippen LogP contribution < -0.4 is 0 Å². The zero-order valence-electron chi connectivity index (χ0n) is 10.1. The summed E-state index contributed by atoms with van der Waals surface area (Å²) in [6.45, 7) is 5.59. The molecular weight excluding hydrogens is 258 g/mol. The molecule has 0 fully saturated rings. The van der Waals surface area contributed by atoms with Crippen molar-refractivity contribution >= 4 is 21.8 Å². The van der Waals surface area contributed by atoms with Crippen molar-refractivity contribution in [2.75, 3.05) is 27.3 Å². The number of carbonyl (C=O) groups excluding carboxylic acids is 1. The summed E-state index contributed by atoms with van der Waals surface area (Å²) >= 11 is 3.47. The molecule has 1 amide bonds. The van der Waals surface area contributed by atoms with Gasteiger partial charge in [0.25, 0.3) is 0 Å². The van der Waals surface area contributed by atoms with Crippen LogP contribution >= 0.6 is 15.9 Å². The van der Waals surface area contributed by atoms with Gasteiger partial charge in [0.2, 0.25) is 5.91 Å². The molecule has 0 aliphatic rings. The Morgan fingerprint density at radius 1 is 1.47 bits per heavy atom. The molecule has 0 aromatic carbocycles. The first-order valence-corrected chi connectivity index (χ1v) is 6.25. The first-order chi connectivity index (χ1) is 6.97. The molecule has 1 unspecified atom stereocenters. The fourth-order valence-corrected chi connectivity index (χ4v) is 1.93. The summed E-state index contributed by atoms with van der Waals surface area (Å²) in [5.74, 6) is 0.797. The molecule has 0 N–H and O–H groups in total. The van der Waals surface area contributed by atoms with Crippen LogP contribution in [0.2, 0.25) is 0 Å². The van der Waals surface area contributed by atoms with Crippen LogP contribution in [0, 0.1) is 5.92 Å². The molecule has 90 valence electrons. The predicted octanol–water partition coefficient (Wildman–Crippen LogP) is 2.29. The van der Waals surface area contributed by atoms with E-state index in [4.69, 9.17) is 4.74 Å². The minimum atomic E-state index is 0.212. The molecule has 0 bridgehead atoms. The minimum Gasteiger partial charge on any atom is -0.383 e. The molecular formula is C11H22BrNO2. The number of rotatable bonds is 7. The van der Waals surface area contributed by atoms with Crippen LogP contribution in [0.3, 0.4) is 0 Å². The monoisotopic (exact) mass is 279 g/mol. The summed E-state index contributed by atoms with van der Waals surface area (Å²) in [7, 11) is 3.50. The van der Waals surface area contributed by atoms with Crippen LogP contribution in [0.1, 0.15) is 26.7 Å². The molecule has 0 aromatic rings. The van der Waals surface area contributed by atoms with Gasteiger partial charge in [0.15, 0.2) is 0 Å². The van der Waals surface area contributed by atoms with Crippen molar-refractivity contribution in [3.8, 4) is 0 Å². The van der Waals surface area contributed by atoms with E-state index < -0.39 is 0 Å². The van der Waals surface area contributed by atoms with Crippen LogP contribution in [0.4, 0.5) is 0 Å². The second-order valence-corrected chi connectivity index (χ2v) is 5.55. The van der Waals surface area contributed by atoms with E-state index in [1.54, 1.807) is 12.0 Å². The van der Waals surface area contributed by atoms with Gasteiger partial charge in [-0.1, -0.05) is 29.8 Å². The predicted molar refractivity (Wildman–Crippen MR) is 66.3 cm³/mol. The van der Waals surface area contributed by atoms with Gasteiger partial charge in [-0.3, -0.25) is 4.79 Å². The molecule has 0 aliphatic carbocycles. The second kappa shape index (κ2) is 8.11. The lowest BCUT2D eigenvalue weighted by Crippen LogP contribution is -2.33. The maximum atomic E-state index is 11.7. The molecule has 3 nitrogen and oxygen atoms in total. The number of nitrogens with zero attached hydrogens (tertiary/aromatic N) is 1. The number of amides is 1. The smallest absolute Gasteiger partial charge is 0.222 e. The molecule has 0 aliphatic heterocycles. The Morgan fingerprint density at radius 2 is 2.07 bits per heavy atom. The zero-order valence-corrected chi connectivity index (χ0v) is 11.7. The highest BCUT2D eigenvalue weighted by molar-refractivity contribution is 9.09. The molecule has 4 heteroatoms. The van der Waals surface area contributed by atoms with Crippen molar-refractivity contribution in [1.82, 2.24) is 4.90 Å². The van der Waals surface area contributed by atoms with Crippen molar-refractivity contribution in [2.24, 2.45) is 5.92 Å². The van der Waals surface area contributed by atoms with E-state index in [2.05, 4.69) is 29.8 Å². The van der Waals surface area contributed by atoms with Crippen LogP contribution in [0.25, 0.3) is 0 Å². The van der Waals surface area contributed by atoms with Crippen LogP contribution in [0.15, 0.2) is 0 Å². The number of hydrogen-bond acceptors (Lipinski definition) is 2. The quantitative estimate of drug-likeness (QED) is 0.670. The van der Waals surface area contributed by atoms with E-state index in [1.807, 2.05) is 7.05 Å². The van der Waals surface area contributed by atoms with Crippen molar-refractivity contribution in [3.63, 3.8) is 0 Å². The Labute approximate surface area is 101 Å². The average Bonchev–Trinajstić information content (AvgIpc) is 2.14. The number of methoxy groups -OCH3 is 1. The zero-order chi connectivity index (χ0) is 11.8. The van der Waals surface area contributed by atoms with Gasteiger partial charge in [0.1, 0.15) is 0 Å². The van der Waals surface area contributed by atoms with E-state index in [1.165, 1.54) is 0 Å². The second-order valence-electron chi connectivity index (χ2n) is 4.26. The van der Waals surface area contributed by atoms with Gasteiger partial charge in [0.05, 0.1) is 11.4 Å². The van der Waals surface area contributed by atoms with E-state index in [9.17, 15) is 4.79 Å². The standard InChI is InChI=1S/C11H22BrNO2/c1-9(2)5-6-11(14)13(3)7-10(12)8-15-4/h9-10H,5-8H2,1-4H3. The van der Waals surface area contributed by atoms with Gasteiger partial charge in [-0.2, -0.15) is 0 Å². The van der Waals surface area contributed by atoms with Crippen LogP contribution in [-0.4, -0.2) is 42.9 Å². The highest BCUT2D eigenvalue weighted by Crippen LogP contribution is 2.08. The molecule has 0 heterocycles. The Kier molecular flexibility index (Phi) is 8.06. The van der Waals surface area contributed by atoms with Gasteiger partial charge in [-0.05, 0) is 12.3 Å². The normalized spacial score (nSPS) is 12.9. The summed E-state index contributed by atoms with van der Waals surface area (Å²) < 4.78 is 5.00. The Bertz CT molecular complexity index is 185. The number of alkyl halides is 1. The fraction of sp³-hybridized carbons (Fsp3) is 0.909. The lowest BCUT2D eigenvalue weighted by atomic mass is 10.1. The number of hydrogen-bond donors (Lipinski definition) is 0. The lowest BCUT2D eigenvalue weighted by Gasteiger charge is -2.20. The van der Waals surface area contributed by atoms with Gasteiger partial charge < -0.3 is 9.64 Å². The van der Waals surface area contributed by atoms with E-state index in [0.29, 0.717) is 25.5 Å². The molecule has 0 aromatic heterocycles. The molecule has 0 spiro atoms. The third kappa shape index (κ3) is 7.79. The highest BCUT2D eigenvalue weighted by atomic mass is 79.9. The molecule has 1 atom stereocenters. The summed E-state index contributed by atoms with van der Waals surface area (Å²) in [4.78, 5) is 13.6. The lowest BCUT2D eigenvalue weighted by molar-refractivity contribution is -0.130. The van der Waals surface area contributed by atoms with Gasteiger partial charge in [0, 0.05) is 27.1 Å². The maximum absolute atomic E-state index is 11.7. The summed E-state index contributed by atoms with van der Waals surface area (Å²) in [6.07, 6.45) is 1.60. The largest absolute Gasteiger partial charge is 0.383 e. The molecule has 0 saturated carbocycles. The molecule has 0 radical (unpaired) electrons. The van der Waals surface area contributed by atoms with Gasteiger partial charge in [-0.15, -0.1) is 0 Å². The number of carbonyl (C=O) groups is 1. The third-order valence-electron chi connectivity index (χ3n) is 2.18. The van der Waals surface area contributed by atoms with Gasteiger partial charge >= 0.3 is 0 Å². The average molecular weight is 280 g/mol. The summed E-state index contributed by atoms with van der Waals surface area (Å²) in [5, 5.41) is 0. The fourth-order valence-electron chi connectivity index (χ4n) is 1.24. The highest BCUT2D eigenvalue weighted by Gasteiger charge is 2.13. The Morgan fingerprint density at radius 3 is 2.53 bits per heavy atom. The number of ether oxygens (including phenoxy) is 1. The van der Waals surface area contributed by atoms with E-state index in [0.717, 1.165) is 6.42 Å². The van der Waals surface area contributed by atoms with Crippen molar-refractivity contribution in [1.29, 1.82) is 0 Å². The first kappa shape index (κ1) is 14.9. The molecule has 15 heavy (non-hydrogen) atoms. The van der Waals surface area contributed by atoms with Crippen LogP contribution in [-0.2, 0) is 9.53 Å². The van der Waals surface area contributed by atoms with E-state index in [-0.39, 0.29) is 10.7 Å². The maximum Gasteiger partial charge on any atom is 0.222 e. The SMILES string of the molecule is COCC(Br)CN(C)C(=O)CCC(C)C. The Hall–Kier alpha value is -0.0900. The van der Waals surface area contributed by atoms with Crippen molar-refractivity contribution in [2.45, 2.75) is 31.5 Å². The molecule has 0 saturated heterocycles. The number of halogens is 1.